The molecule has 0 amide bonds. The second kappa shape index (κ2) is 7.61. The number of unbranched alkanes of at least 4 members (excludes halogenated alkanes) is 1. The van der Waals surface area contributed by atoms with Crippen LogP contribution in [-0.2, 0) is 26.3 Å². The maximum Gasteiger partial charge on any atom is 0.306 e. The number of benzene rings is 1. The van der Waals surface area contributed by atoms with Gasteiger partial charge in [-0.3, -0.25) is 4.79 Å². The molecule has 2 aliphatic heterocycles. The number of esters is 1. The predicted molar refractivity (Wildman–Crippen MR) is 94.7 cm³/mol. The minimum atomic E-state index is -0.347. The molecule has 3 rings (SSSR count). The van der Waals surface area contributed by atoms with E-state index >= 15 is 0 Å². The molecule has 4 nitrogen and oxygen atoms in total. The average molecular weight is 372 g/mol. The monoisotopic (exact) mass is 371 g/mol. The molecule has 2 fully saturated rings. The fraction of sp³-hybridized carbons (Fsp3) is 0.611. The Morgan fingerprint density at radius 1 is 1.46 bits per heavy atom. The molecule has 1 N–H and O–H groups in total. The summed E-state index contributed by atoms with van der Waals surface area (Å²) in [5.41, 5.74) is 1.60. The number of carbonyl (C=O) groups excluding carboxylic acids is 1. The third kappa shape index (κ3) is 3.57. The van der Waals surface area contributed by atoms with Gasteiger partial charge in [0.2, 0.25) is 0 Å². The van der Waals surface area contributed by atoms with Gasteiger partial charge in [0.15, 0.2) is 0 Å². The van der Waals surface area contributed by atoms with Crippen molar-refractivity contribution in [3.8, 4) is 0 Å². The topological polar surface area (TPSA) is 47.6 Å². The second-order valence-corrected chi connectivity index (χ2v) is 7.33. The van der Waals surface area contributed by atoms with Crippen LogP contribution in [0.4, 0.5) is 0 Å². The van der Waals surface area contributed by atoms with E-state index in [1.807, 2.05) is 12.1 Å². The van der Waals surface area contributed by atoms with Gasteiger partial charge in [-0.1, -0.05) is 42.6 Å². The van der Waals surface area contributed by atoms with Gasteiger partial charge in [0.25, 0.3) is 0 Å². The highest BCUT2D eigenvalue weighted by molar-refractivity contribution is 6.42. The molecule has 2 saturated heterocycles. The van der Waals surface area contributed by atoms with Gasteiger partial charge < -0.3 is 14.8 Å². The van der Waals surface area contributed by atoms with Gasteiger partial charge in [0.1, 0.15) is 5.60 Å². The van der Waals surface area contributed by atoms with Crippen molar-refractivity contribution in [2.75, 3.05) is 19.8 Å². The molecule has 2 bridgehead atoms. The molecule has 132 valence electrons. The van der Waals surface area contributed by atoms with Crippen LogP contribution in [0.15, 0.2) is 12.1 Å². The quantitative estimate of drug-likeness (QED) is 0.583. The first-order chi connectivity index (χ1) is 11.6. The van der Waals surface area contributed by atoms with E-state index in [1.165, 1.54) is 0 Å². The normalized spacial score (nSPS) is 25.2. The summed E-state index contributed by atoms with van der Waals surface area (Å²) < 4.78 is 11.3. The van der Waals surface area contributed by atoms with Crippen molar-refractivity contribution in [3.63, 3.8) is 0 Å². The molecule has 1 aromatic carbocycles. The molecule has 24 heavy (non-hydrogen) atoms. The van der Waals surface area contributed by atoms with E-state index in [0.29, 0.717) is 42.1 Å². The van der Waals surface area contributed by atoms with Gasteiger partial charge in [0.05, 0.1) is 23.3 Å². The highest BCUT2D eigenvalue weighted by atomic mass is 35.5. The van der Waals surface area contributed by atoms with Gasteiger partial charge >= 0.3 is 5.97 Å². The van der Waals surface area contributed by atoms with Crippen molar-refractivity contribution in [2.45, 2.75) is 50.7 Å². The number of morpholine rings is 1. The average Bonchev–Trinajstić information content (AvgIpc) is 3.18. The van der Waals surface area contributed by atoms with E-state index in [0.717, 1.165) is 36.9 Å². The number of nitrogens with one attached hydrogen (secondary N) is 1. The lowest BCUT2D eigenvalue weighted by Crippen LogP contribution is -2.38. The molecule has 0 aliphatic carbocycles. The molecule has 0 saturated carbocycles. The molecule has 0 radical (unpaired) electrons. The summed E-state index contributed by atoms with van der Waals surface area (Å²) in [6.45, 7) is 4.02. The van der Waals surface area contributed by atoms with E-state index in [-0.39, 0.29) is 11.6 Å². The van der Waals surface area contributed by atoms with Crippen molar-refractivity contribution in [1.82, 2.24) is 5.32 Å². The van der Waals surface area contributed by atoms with Crippen LogP contribution in [0.3, 0.4) is 0 Å². The van der Waals surface area contributed by atoms with Crippen LogP contribution >= 0.6 is 23.2 Å². The van der Waals surface area contributed by atoms with Crippen molar-refractivity contribution in [2.24, 2.45) is 0 Å². The zero-order chi connectivity index (χ0) is 17.2. The van der Waals surface area contributed by atoms with Crippen LogP contribution in [0, 0.1) is 0 Å². The molecule has 2 atom stereocenters. The number of fused-ring (bicyclic) bond motifs is 2. The molecule has 6 heteroatoms. The van der Waals surface area contributed by atoms with Gasteiger partial charge in [-0.05, 0) is 36.5 Å². The van der Waals surface area contributed by atoms with Crippen LogP contribution in [0.5, 0.6) is 0 Å². The molecular formula is C18H23Cl2NO3. The Hall–Kier alpha value is -0.810. The number of hydrogen-bond donors (Lipinski definition) is 1. The van der Waals surface area contributed by atoms with Crippen molar-refractivity contribution in [1.29, 1.82) is 0 Å². The fourth-order valence-electron chi connectivity index (χ4n) is 3.52. The SMILES string of the molecule is CCCCOC(=O)CCc1c(C23CNC(CO2)C3)ccc(Cl)c1Cl. The first kappa shape index (κ1) is 18.0. The van der Waals surface area contributed by atoms with Crippen LogP contribution in [0.2, 0.25) is 10.0 Å². The molecule has 0 spiro atoms. The van der Waals surface area contributed by atoms with Crippen LogP contribution in [0.25, 0.3) is 0 Å². The van der Waals surface area contributed by atoms with Gasteiger partial charge in [-0.25, -0.2) is 0 Å². The van der Waals surface area contributed by atoms with Crippen LogP contribution in [-0.4, -0.2) is 31.8 Å². The summed E-state index contributed by atoms with van der Waals surface area (Å²) in [6.07, 6.45) is 3.63. The lowest BCUT2D eigenvalue weighted by molar-refractivity contribution is -0.143. The van der Waals surface area contributed by atoms with Crippen molar-refractivity contribution < 1.29 is 14.3 Å². The smallest absolute Gasteiger partial charge is 0.306 e. The number of carbonyl (C=O) groups is 1. The number of hydrogen-bond acceptors (Lipinski definition) is 4. The summed E-state index contributed by atoms with van der Waals surface area (Å²) in [6, 6.07) is 4.19. The summed E-state index contributed by atoms with van der Waals surface area (Å²) in [5, 5.41) is 4.49. The Morgan fingerprint density at radius 3 is 2.92 bits per heavy atom. The molecule has 2 aliphatic rings. The van der Waals surface area contributed by atoms with Crippen molar-refractivity contribution in [3.05, 3.63) is 33.3 Å². The third-order valence-electron chi connectivity index (χ3n) is 4.84. The molecule has 1 aromatic rings. The molecule has 0 aromatic heterocycles. The molecule has 2 unspecified atom stereocenters. The minimum absolute atomic E-state index is 0.197. The van der Waals surface area contributed by atoms with Crippen molar-refractivity contribution >= 4 is 29.2 Å². The maximum atomic E-state index is 11.9. The third-order valence-corrected chi connectivity index (χ3v) is 5.68. The molecule has 2 heterocycles. The fourth-order valence-corrected chi connectivity index (χ4v) is 3.95. The highest BCUT2D eigenvalue weighted by Crippen LogP contribution is 2.44. The van der Waals surface area contributed by atoms with Crippen LogP contribution < -0.4 is 5.32 Å². The Labute approximate surface area is 152 Å². The summed E-state index contributed by atoms with van der Waals surface area (Å²) in [7, 11) is 0. The van der Waals surface area contributed by atoms with E-state index in [9.17, 15) is 4.79 Å². The van der Waals surface area contributed by atoms with Gasteiger partial charge in [-0.15, -0.1) is 0 Å². The summed E-state index contributed by atoms with van der Waals surface area (Å²) >= 11 is 12.7. The first-order valence-electron chi connectivity index (χ1n) is 8.56. The zero-order valence-corrected chi connectivity index (χ0v) is 15.4. The van der Waals surface area contributed by atoms with Gasteiger partial charge in [-0.2, -0.15) is 0 Å². The first-order valence-corrected chi connectivity index (χ1v) is 9.31. The number of rotatable bonds is 7. The Bertz CT molecular complexity index is 613. The maximum absolute atomic E-state index is 11.9. The predicted octanol–water partition coefficient (Wildman–Crippen LogP) is 3.86. The number of ether oxygens (including phenoxy) is 2. The molecular weight excluding hydrogens is 349 g/mol. The Morgan fingerprint density at radius 2 is 2.29 bits per heavy atom. The Balaban J connectivity index is 1.76. The summed E-state index contributed by atoms with van der Waals surface area (Å²) in [5.74, 6) is -0.197. The Kier molecular flexibility index (Phi) is 5.70. The second-order valence-electron chi connectivity index (χ2n) is 6.55. The van der Waals surface area contributed by atoms with E-state index in [4.69, 9.17) is 32.7 Å². The van der Waals surface area contributed by atoms with E-state index in [1.54, 1.807) is 0 Å². The zero-order valence-electron chi connectivity index (χ0n) is 13.9. The largest absolute Gasteiger partial charge is 0.466 e. The van der Waals surface area contributed by atoms with Crippen LogP contribution in [0.1, 0.15) is 43.7 Å². The lowest BCUT2D eigenvalue weighted by atomic mass is 9.87. The van der Waals surface area contributed by atoms with E-state index < -0.39 is 0 Å². The highest BCUT2D eigenvalue weighted by Gasteiger charge is 2.48. The van der Waals surface area contributed by atoms with Gasteiger partial charge in [0, 0.05) is 19.0 Å². The lowest BCUT2D eigenvalue weighted by Gasteiger charge is -2.30. The minimum Gasteiger partial charge on any atom is -0.466 e. The summed E-state index contributed by atoms with van der Waals surface area (Å²) in [4.78, 5) is 11.9. The standard InChI is InChI=1S/C18H23Cl2NO3/c1-2-3-8-23-16(22)7-4-13-14(5-6-15(19)17(13)20)18-9-12(10-24-18)21-11-18/h5-6,12,21H,2-4,7-11H2,1H3. The van der Waals surface area contributed by atoms with E-state index in [2.05, 4.69) is 12.2 Å². The number of halogens is 2.